The Morgan fingerprint density at radius 3 is 3.04 bits per heavy atom. The van der Waals surface area contributed by atoms with Crippen LogP contribution in [0, 0.1) is 0 Å². The van der Waals surface area contributed by atoms with Gasteiger partial charge in [-0.1, -0.05) is 22.0 Å². The number of aromatic nitrogens is 4. The van der Waals surface area contributed by atoms with E-state index in [-0.39, 0.29) is 5.91 Å². The van der Waals surface area contributed by atoms with Gasteiger partial charge >= 0.3 is 0 Å². The zero-order valence-electron chi connectivity index (χ0n) is 13.9. The van der Waals surface area contributed by atoms with Crippen LogP contribution in [0.3, 0.4) is 0 Å². The molecule has 0 radical (unpaired) electrons. The Labute approximate surface area is 158 Å². The summed E-state index contributed by atoms with van der Waals surface area (Å²) in [5, 5.41) is 11.0. The van der Waals surface area contributed by atoms with Crippen molar-refractivity contribution < 1.29 is 9.53 Å². The summed E-state index contributed by atoms with van der Waals surface area (Å²) in [7, 11) is 0. The van der Waals surface area contributed by atoms with Crippen LogP contribution < -0.4 is 10.1 Å². The number of pyridine rings is 1. The molecule has 1 amide bonds. The maximum Gasteiger partial charge on any atom is 0.260 e. The lowest BCUT2D eigenvalue weighted by atomic mass is 10.2. The quantitative estimate of drug-likeness (QED) is 0.609. The van der Waals surface area contributed by atoms with Crippen molar-refractivity contribution in [1.82, 2.24) is 19.7 Å². The van der Waals surface area contributed by atoms with Crippen molar-refractivity contribution >= 4 is 27.7 Å². The Balaban J connectivity index is 1.74. The highest BCUT2D eigenvalue weighted by Gasteiger charge is 2.16. The van der Waals surface area contributed by atoms with Crippen LogP contribution in [-0.2, 0) is 6.54 Å². The van der Waals surface area contributed by atoms with Gasteiger partial charge in [-0.25, -0.2) is 4.98 Å². The number of nitrogens with zero attached hydrogens (tertiary/aromatic N) is 4. The second-order valence-electron chi connectivity index (χ2n) is 5.91. The van der Waals surface area contributed by atoms with Crippen molar-refractivity contribution in [3.05, 3.63) is 52.8 Å². The first-order valence-electron chi connectivity index (χ1n) is 8.30. The molecule has 7 nitrogen and oxygen atoms in total. The fraction of sp³-hybridized carbons (Fsp3) is 0.222. The summed E-state index contributed by atoms with van der Waals surface area (Å²) < 4.78 is 8.68. The molecular formula is C18H16BrN5O2. The van der Waals surface area contributed by atoms with Gasteiger partial charge in [0.25, 0.3) is 5.91 Å². The first-order chi connectivity index (χ1) is 12.7. The second-order valence-corrected chi connectivity index (χ2v) is 6.82. The van der Waals surface area contributed by atoms with E-state index in [1.165, 1.54) is 0 Å². The molecule has 1 aliphatic heterocycles. The molecule has 3 aromatic rings. The Kier molecular flexibility index (Phi) is 4.66. The molecule has 0 spiro atoms. The summed E-state index contributed by atoms with van der Waals surface area (Å²) in [4.78, 5) is 17.2. The van der Waals surface area contributed by atoms with Gasteiger partial charge in [0.05, 0.1) is 12.2 Å². The van der Waals surface area contributed by atoms with Gasteiger partial charge in [-0.3, -0.25) is 4.79 Å². The van der Waals surface area contributed by atoms with Gasteiger partial charge in [0.15, 0.2) is 5.82 Å². The van der Waals surface area contributed by atoms with E-state index < -0.39 is 0 Å². The van der Waals surface area contributed by atoms with Crippen LogP contribution in [0.1, 0.15) is 23.2 Å². The molecule has 0 saturated carbocycles. The molecule has 4 rings (SSSR count). The molecule has 132 valence electrons. The number of amides is 1. The average Bonchev–Trinajstić information content (AvgIpc) is 3.09. The van der Waals surface area contributed by atoms with Crippen molar-refractivity contribution in [1.29, 1.82) is 0 Å². The number of fused-ring (bicyclic) bond motifs is 5. The second kappa shape index (κ2) is 7.25. The zero-order chi connectivity index (χ0) is 17.9. The first-order valence-corrected chi connectivity index (χ1v) is 9.09. The summed E-state index contributed by atoms with van der Waals surface area (Å²) in [5.74, 6) is 1.42. The van der Waals surface area contributed by atoms with Crippen LogP contribution in [-0.4, -0.2) is 32.3 Å². The number of rotatable bonds is 0. The summed E-state index contributed by atoms with van der Waals surface area (Å²) in [6, 6.07) is 10.8. The van der Waals surface area contributed by atoms with E-state index in [1.54, 1.807) is 18.5 Å². The molecule has 8 heteroatoms. The SMILES string of the molecule is O=C1Nc2cccc(n2)-c2nncn2CCCCOc2cc(Br)ccc21. The Morgan fingerprint density at radius 2 is 2.12 bits per heavy atom. The van der Waals surface area contributed by atoms with Crippen LogP contribution >= 0.6 is 15.9 Å². The molecule has 0 aliphatic carbocycles. The van der Waals surface area contributed by atoms with Crippen molar-refractivity contribution in [2.24, 2.45) is 0 Å². The molecular weight excluding hydrogens is 398 g/mol. The summed E-state index contributed by atoms with van der Waals surface area (Å²) in [5.41, 5.74) is 1.14. The van der Waals surface area contributed by atoms with Gasteiger partial charge in [-0.15, -0.1) is 10.2 Å². The molecule has 0 fully saturated rings. The van der Waals surface area contributed by atoms with E-state index in [0.29, 0.717) is 35.3 Å². The van der Waals surface area contributed by atoms with E-state index in [4.69, 9.17) is 4.74 Å². The molecule has 26 heavy (non-hydrogen) atoms. The van der Waals surface area contributed by atoms with Crippen molar-refractivity contribution in [2.75, 3.05) is 11.9 Å². The van der Waals surface area contributed by atoms with Crippen LogP contribution in [0.25, 0.3) is 11.5 Å². The Morgan fingerprint density at radius 1 is 1.19 bits per heavy atom. The van der Waals surface area contributed by atoms with E-state index >= 15 is 0 Å². The smallest absolute Gasteiger partial charge is 0.260 e. The van der Waals surface area contributed by atoms with Gasteiger partial charge in [-0.2, -0.15) is 0 Å². The molecule has 1 aromatic carbocycles. The maximum atomic E-state index is 12.7. The number of halogens is 1. The highest BCUT2D eigenvalue weighted by Crippen LogP contribution is 2.26. The summed E-state index contributed by atoms with van der Waals surface area (Å²) in [6.07, 6.45) is 3.44. The molecule has 1 N–H and O–H groups in total. The van der Waals surface area contributed by atoms with Gasteiger partial charge in [0, 0.05) is 11.0 Å². The average molecular weight is 414 g/mol. The molecule has 0 atom stereocenters. The molecule has 1 aliphatic rings. The lowest BCUT2D eigenvalue weighted by molar-refractivity contribution is 0.102. The third-order valence-corrected chi connectivity index (χ3v) is 4.57. The number of hydrogen-bond acceptors (Lipinski definition) is 5. The predicted octanol–water partition coefficient (Wildman–Crippen LogP) is 3.53. The van der Waals surface area contributed by atoms with E-state index in [9.17, 15) is 4.79 Å². The minimum Gasteiger partial charge on any atom is -0.493 e. The number of carbonyl (C=O) groups excluding carboxylic acids is 1. The van der Waals surface area contributed by atoms with Crippen molar-refractivity contribution in [2.45, 2.75) is 19.4 Å². The minimum absolute atomic E-state index is 0.268. The largest absolute Gasteiger partial charge is 0.493 e. The van der Waals surface area contributed by atoms with E-state index in [1.807, 2.05) is 28.8 Å². The third-order valence-electron chi connectivity index (χ3n) is 4.07. The van der Waals surface area contributed by atoms with Crippen LogP contribution in [0.2, 0.25) is 0 Å². The fourth-order valence-corrected chi connectivity index (χ4v) is 3.14. The lowest BCUT2D eigenvalue weighted by Crippen LogP contribution is -2.15. The number of carbonyl (C=O) groups is 1. The number of aryl methyl sites for hydroxylation is 1. The topological polar surface area (TPSA) is 81.9 Å². The van der Waals surface area contributed by atoms with Crippen LogP contribution in [0.5, 0.6) is 5.75 Å². The van der Waals surface area contributed by atoms with E-state index in [2.05, 4.69) is 36.4 Å². The molecule has 3 heterocycles. The maximum absolute atomic E-state index is 12.7. The molecule has 2 bridgehead atoms. The van der Waals surface area contributed by atoms with Crippen molar-refractivity contribution in [3.8, 4) is 17.3 Å². The lowest BCUT2D eigenvalue weighted by Gasteiger charge is -2.14. The Hall–Kier alpha value is -2.74. The third kappa shape index (κ3) is 3.45. The number of anilines is 1. The van der Waals surface area contributed by atoms with Gasteiger partial charge in [0.1, 0.15) is 23.6 Å². The number of hydrogen-bond donors (Lipinski definition) is 1. The summed E-state index contributed by atoms with van der Waals surface area (Å²) in [6.45, 7) is 1.30. The van der Waals surface area contributed by atoms with Gasteiger partial charge < -0.3 is 14.6 Å². The first kappa shape index (κ1) is 16.7. The monoisotopic (exact) mass is 413 g/mol. The number of benzene rings is 1. The number of ether oxygens (including phenoxy) is 1. The normalized spacial score (nSPS) is 14.4. The predicted molar refractivity (Wildman–Crippen MR) is 100 cm³/mol. The van der Waals surface area contributed by atoms with Crippen LogP contribution in [0.4, 0.5) is 5.82 Å². The van der Waals surface area contributed by atoms with Gasteiger partial charge in [-0.05, 0) is 43.2 Å². The molecule has 0 saturated heterocycles. The van der Waals surface area contributed by atoms with E-state index in [0.717, 1.165) is 23.9 Å². The van der Waals surface area contributed by atoms with Crippen LogP contribution in [0.15, 0.2) is 47.2 Å². The number of nitrogens with one attached hydrogen (secondary N) is 1. The highest BCUT2D eigenvalue weighted by molar-refractivity contribution is 9.10. The van der Waals surface area contributed by atoms with Crippen molar-refractivity contribution in [3.63, 3.8) is 0 Å². The standard InChI is InChI=1S/C18H16BrN5O2/c19-12-6-7-13-15(10-12)26-9-2-1-8-24-11-20-23-17(24)14-4-3-5-16(21-14)22-18(13)25/h3-7,10-11H,1-2,8-9H2,(H,21,22,25). The Bertz CT molecular complexity index is 956. The molecule has 2 aromatic heterocycles. The molecule has 0 unspecified atom stereocenters. The summed E-state index contributed by atoms with van der Waals surface area (Å²) >= 11 is 3.43. The fourth-order valence-electron chi connectivity index (χ4n) is 2.80. The zero-order valence-corrected chi connectivity index (χ0v) is 15.4. The highest BCUT2D eigenvalue weighted by atomic mass is 79.9. The minimum atomic E-state index is -0.268. The van der Waals surface area contributed by atoms with Gasteiger partial charge in [0.2, 0.25) is 0 Å².